The van der Waals surface area contributed by atoms with Gasteiger partial charge >= 0.3 is 0 Å². The molecule has 0 amide bonds. The Kier molecular flexibility index (Phi) is 5.64. The van der Waals surface area contributed by atoms with E-state index in [1.807, 2.05) is 25.1 Å². The lowest BCUT2D eigenvalue weighted by Crippen LogP contribution is -2.53. The van der Waals surface area contributed by atoms with Crippen LogP contribution < -0.4 is 10.2 Å². The zero-order chi connectivity index (χ0) is 15.2. The van der Waals surface area contributed by atoms with Crippen molar-refractivity contribution in [3.05, 3.63) is 24.3 Å². The summed E-state index contributed by atoms with van der Waals surface area (Å²) in [7, 11) is 1.69. The third-order valence-electron chi connectivity index (χ3n) is 3.58. The second-order valence-corrected chi connectivity index (χ2v) is 5.66. The summed E-state index contributed by atoms with van der Waals surface area (Å²) >= 11 is 5.44. The number of nitrogens with one attached hydrogen (secondary N) is 1. The molecule has 1 aromatic rings. The predicted molar refractivity (Wildman–Crippen MR) is 89.0 cm³/mol. The molecule has 116 valence electrons. The number of phenols is 1. The van der Waals surface area contributed by atoms with Gasteiger partial charge in [-0.3, -0.25) is 0 Å². The van der Waals surface area contributed by atoms with E-state index in [0.29, 0.717) is 12.4 Å². The maximum absolute atomic E-state index is 9.91. The van der Waals surface area contributed by atoms with Crippen molar-refractivity contribution in [3.63, 3.8) is 0 Å². The van der Waals surface area contributed by atoms with E-state index in [1.54, 1.807) is 13.2 Å². The number of ether oxygens (including phenoxy) is 1. The third kappa shape index (κ3) is 4.22. The van der Waals surface area contributed by atoms with Gasteiger partial charge in [-0.15, -0.1) is 0 Å². The molecule has 5 nitrogen and oxygen atoms in total. The molecule has 6 heteroatoms. The van der Waals surface area contributed by atoms with Crippen molar-refractivity contribution in [2.24, 2.45) is 0 Å². The quantitative estimate of drug-likeness (QED) is 0.821. The Labute approximate surface area is 131 Å². The number of aromatic hydroxyl groups is 1. The minimum absolute atomic E-state index is 0.207. The second kappa shape index (κ2) is 7.47. The van der Waals surface area contributed by atoms with Gasteiger partial charge in [0, 0.05) is 39.3 Å². The monoisotopic (exact) mass is 309 g/mol. The largest absolute Gasteiger partial charge is 0.506 e. The topological polar surface area (TPSA) is 48.0 Å². The van der Waals surface area contributed by atoms with Crippen LogP contribution in [0.1, 0.15) is 6.92 Å². The number of piperazine rings is 1. The van der Waals surface area contributed by atoms with Gasteiger partial charge in [0.1, 0.15) is 5.75 Å². The minimum atomic E-state index is 0.207. The highest BCUT2D eigenvalue weighted by atomic mass is 32.1. The van der Waals surface area contributed by atoms with E-state index in [0.717, 1.165) is 37.0 Å². The number of thiocarbonyl (C=S) groups is 1. The van der Waals surface area contributed by atoms with E-state index in [2.05, 4.69) is 15.1 Å². The van der Waals surface area contributed by atoms with Gasteiger partial charge in [-0.25, -0.2) is 0 Å². The predicted octanol–water partition coefficient (Wildman–Crippen LogP) is 1.42. The van der Waals surface area contributed by atoms with Crippen LogP contribution in [0, 0.1) is 0 Å². The van der Waals surface area contributed by atoms with Crippen molar-refractivity contribution >= 4 is 23.0 Å². The van der Waals surface area contributed by atoms with E-state index in [1.165, 1.54) is 0 Å². The molecule has 1 aliphatic rings. The van der Waals surface area contributed by atoms with Gasteiger partial charge in [-0.05, 0) is 31.3 Å². The van der Waals surface area contributed by atoms with E-state index in [9.17, 15) is 5.11 Å². The molecule has 1 aromatic carbocycles. The van der Waals surface area contributed by atoms with Crippen LogP contribution in [0.15, 0.2) is 24.3 Å². The molecule has 0 spiro atoms. The van der Waals surface area contributed by atoms with Crippen LogP contribution in [-0.2, 0) is 4.74 Å². The van der Waals surface area contributed by atoms with Crippen molar-refractivity contribution in [1.82, 2.24) is 10.2 Å². The Morgan fingerprint density at radius 3 is 2.62 bits per heavy atom. The zero-order valence-electron chi connectivity index (χ0n) is 12.6. The molecule has 2 N–H and O–H groups in total. The van der Waals surface area contributed by atoms with Gasteiger partial charge in [0.05, 0.1) is 12.3 Å². The SMILES string of the molecule is COC[C@@H](C)NC(=S)N1CCN(c2ccccc2O)CC1. The molecule has 0 radical (unpaired) electrons. The third-order valence-corrected chi connectivity index (χ3v) is 3.95. The van der Waals surface area contributed by atoms with Crippen molar-refractivity contribution < 1.29 is 9.84 Å². The van der Waals surface area contributed by atoms with Gasteiger partial charge in [-0.2, -0.15) is 0 Å². The number of benzene rings is 1. The Morgan fingerprint density at radius 1 is 1.33 bits per heavy atom. The maximum atomic E-state index is 9.91. The summed E-state index contributed by atoms with van der Waals surface area (Å²) in [5.74, 6) is 0.334. The summed E-state index contributed by atoms with van der Waals surface area (Å²) in [6, 6.07) is 7.66. The molecule has 2 rings (SSSR count). The molecule has 0 aromatic heterocycles. The Morgan fingerprint density at radius 2 is 2.00 bits per heavy atom. The molecular weight excluding hydrogens is 286 g/mol. The van der Waals surface area contributed by atoms with E-state index >= 15 is 0 Å². The van der Waals surface area contributed by atoms with Crippen molar-refractivity contribution in [2.75, 3.05) is 44.8 Å². The van der Waals surface area contributed by atoms with Crippen molar-refractivity contribution in [1.29, 1.82) is 0 Å². The number of anilines is 1. The highest BCUT2D eigenvalue weighted by Gasteiger charge is 2.21. The number of nitrogens with zero attached hydrogens (tertiary/aromatic N) is 2. The fourth-order valence-electron chi connectivity index (χ4n) is 2.48. The van der Waals surface area contributed by atoms with Crippen LogP contribution in [0.2, 0.25) is 0 Å². The molecule has 0 aliphatic carbocycles. The lowest BCUT2D eigenvalue weighted by atomic mass is 10.2. The molecule has 1 fully saturated rings. The average molecular weight is 309 g/mol. The van der Waals surface area contributed by atoms with E-state index in [4.69, 9.17) is 17.0 Å². The number of hydrogen-bond acceptors (Lipinski definition) is 4. The van der Waals surface area contributed by atoms with E-state index < -0.39 is 0 Å². The molecule has 1 heterocycles. The number of para-hydroxylation sites is 2. The second-order valence-electron chi connectivity index (χ2n) is 5.27. The summed E-state index contributed by atoms with van der Waals surface area (Å²) in [6.45, 7) is 6.07. The fourth-order valence-corrected chi connectivity index (χ4v) is 2.86. The van der Waals surface area contributed by atoms with Crippen LogP contribution in [0.25, 0.3) is 0 Å². The summed E-state index contributed by atoms with van der Waals surface area (Å²) in [5, 5.41) is 14.0. The van der Waals surface area contributed by atoms with Crippen LogP contribution in [0.3, 0.4) is 0 Å². The molecule has 21 heavy (non-hydrogen) atoms. The molecule has 0 bridgehead atoms. The molecule has 1 atom stereocenters. The maximum Gasteiger partial charge on any atom is 0.169 e. The smallest absolute Gasteiger partial charge is 0.169 e. The highest BCUT2D eigenvalue weighted by molar-refractivity contribution is 7.80. The first-order chi connectivity index (χ1) is 10.1. The Balaban J connectivity index is 1.86. The van der Waals surface area contributed by atoms with Crippen LogP contribution in [0.5, 0.6) is 5.75 Å². The van der Waals surface area contributed by atoms with Crippen molar-refractivity contribution in [2.45, 2.75) is 13.0 Å². The summed E-state index contributed by atoms with van der Waals surface area (Å²) in [5.41, 5.74) is 0.892. The molecule has 1 saturated heterocycles. The first kappa shape index (κ1) is 15.9. The number of phenolic OH excluding ortho intramolecular Hbond substituents is 1. The Hall–Kier alpha value is -1.53. The standard InChI is InChI=1S/C15H23N3O2S/c1-12(11-20-2)16-15(21)18-9-7-17(8-10-18)13-5-3-4-6-14(13)19/h3-6,12,19H,7-11H2,1-2H3,(H,16,21)/t12-/m1/s1. The van der Waals surface area contributed by atoms with Crippen molar-refractivity contribution in [3.8, 4) is 5.75 Å². The number of hydrogen-bond donors (Lipinski definition) is 2. The highest BCUT2D eigenvalue weighted by Crippen LogP contribution is 2.27. The number of rotatable bonds is 4. The lowest BCUT2D eigenvalue weighted by molar-refractivity contribution is 0.177. The van der Waals surface area contributed by atoms with Gasteiger partial charge in [0.2, 0.25) is 0 Å². The summed E-state index contributed by atoms with van der Waals surface area (Å²) in [6.07, 6.45) is 0. The molecule has 1 aliphatic heterocycles. The summed E-state index contributed by atoms with van der Waals surface area (Å²) < 4.78 is 5.10. The van der Waals surface area contributed by atoms with Crippen LogP contribution in [0.4, 0.5) is 5.69 Å². The van der Waals surface area contributed by atoms with Crippen LogP contribution >= 0.6 is 12.2 Å². The Bertz CT molecular complexity index is 476. The molecule has 0 saturated carbocycles. The van der Waals surface area contributed by atoms with Gasteiger partial charge in [0.15, 0.2) is 5.11 Å². The van der Waals surface area contributed by atoms with Gasteiger partial charge < -0.3 is 25.0 Å². The van der Waals surface area contributed by atoms with Crippen LogP contribution in [-0.4, -0.2) is 61.1 Å². The first-order valence-electron chi connectivity index (χ1n) is 7.19. The minimum Gasteiger partial charge on any atom is -0.506 e. The first-order valence-corrected chi connectivity index (χ1v) is 7.60. The number of methoxy groups -OCH3 is 1. The van der Waals surface area contributed by atoms with Gasteiger partial charge in [-0.1, -0.05) is 12.1 Å². The molecular formula is C15H23N3O2S. The van der Waals surface area contributed by atoms with E-state index in [-0.39, 0.29) is 6.04 Å². The summed E-state index contributed by atoms with van der Waals surface area (Å²) in [4.78, 5) is 4.35. The lowest BCUT2D eigenvalue weighted by Gasteiger charge is -2.38. The average Bonchev–Trinajstić information content (AvgIpc) is 2.48. The van der Waals surface area contributed by atoms with Gasteiger partial charge in [0.25, 0.3) is 0 Å². The fraction of sp³-hybridized carbons (Fsp3) is 0.533. The zero-order valence-corrected chi connectivity index (χ0v) is 13.4. The normalized spacial score (nSPS) is 16.7. The molecule has 0 unspecified atom stereocenters.